The zero-order chi connectivity index (χ0) is 29.4. The summed E-state index contributed by atoms with van der Waals surface area (Å²) in [6, 6.07) is 12.5. The Morgan fingerprint density at radius 2 is 1.03 bits per heavy atom. The Labute approximate surface area is 212 Å². The van der Waals surface area contributed by atoms with E-state index in [1.54, 1.807) is 31.2 Å². The molecule has 38 heavy (non-hydrogen) atoms. The van der Waals surface area contributed by atoms with Gasteiger partial charge in [0.05, 0.1) is 0 Å². The number of hydrogen-bond acceptors (Lipinski definition) is 2. The van der Waals surface area contributed by atoms with E-state index in [0.29, 0.717) is 6.42 Å². The lowest BCUT2D eigenvalue weighted by molar-refractivity contribution is -0.111. The van der Waals surface area contributed by atoms with Gasteiger partial charge in [0.2, 0.25) is 17.4 Å². The monoisotopic (exact) mass is 558 g/mol. The molecule has 0 spiro atoms. The first-order valence-electron chi connectivity index (χ1n) is 10.9. The summed E-state index contributed by atoms with van der Waals surface area (Å²) in [4.78, 5) is 0. The summed E-state index contributed by atoms with van der Waals surface area (Å²) in [6.45, 7) is 3.53. The normalized spacial score (nSPS) is 12.1. The molecule has 1 N–H and O–H groups in total. The average Bonchev–Trinajstić information content (AvgIpc) is 2.79. The second kappa shape index (κ2) is 13.4. The van der Waals surface area contributed by atoms with Crippen molar-refractivity contribution in [2.75, 3.05) is 0 Å². The van der Waals surface area contributed by atoms with Gasteiger partial charge < -0.3 is 9.84 Å². The van der Waals surface area contributed by atoms with Crippen LogP contribution in [0.15, 0.2) is 48.5 Å². The van der Waals surface area contributed by atoms with Gasteiger partial charge in [-0.1, -0.05) is 38.1 Å². The largest absolute Gasteiger partial charge is 0.508 e. The van der Waals surface area contributed by atoms with Crippen molar-refractivity contribution < 1.29 is 53.7 Å². The van der Waals surface area contributed by atoms with Crippen LogP contribution >= 0.6 is 0 Å². The van der Waals surface area contributed by atoms with Crippen LogP contribution in [0.2, 0.25) is 0 Å². The van der Waals surface area contributed by atoms with Crippen molar-refractivity contribution in [2.45, 2.75) is 52.4 Å². The Bertz CT molecular complexity index is 1120. The summed E-state index contributed by atoms with van der Waals surface area (Å²) in [5.41, 5.74) is 0.946. The third-order valence-corrected chi connectivity index (χ3v) is 4.64. The van der Waals surface area contributed by atoms with Gasteiger partial charge in [-0.3, -0.25) is 0 Å². The van der Waals surface area contributed by atoms with E-state index in [9.17, 15) is 49.0 Å². The molecule has 0 aliphatic carbocycles. The molecule has 0 aromatic heterocycles. The molecule has 2 nitrogen and oxygen atoms in total. The van der Waals surface area contributed by atoms with Crippen molar-refractivity contribution in [3.63, 3.8) is 0 Å². The lowest BCUT2D eigenvalue weighted by atomic mass is 9.96. The van der Waals surface area contributed by atoms with E-state index in [0.717, 1.165) is 11.1 Å². The minimum absolute atomic E-state index is 0.0235. The van der Waals surface area contributed by atoms with Crippen LogP contribution in [-0.4, -0.2) is 17.5 Å². The fourth-order valence-electron chi connectivity index (χ4n) is 2.84. The fraction of sp³-hybridized carbons (Fsp3) is 0.308. The number of aromatic hydroxyl groups is 1. The molecule has 210 valence electrons. The molecule has 3 rings (SSSR count). The summed E-state index contributed by atoms with van der Waals surface area (Å²) < 4.78 is 124. The lowest BCUT2D eigenvalue weighted by Gasteiger charge is -2.16. The van der Waals surface area contributed by atoms with E-state index in [1.807, 2.05) is 0 Å². The summed E-state index contributed by atoms with van der Waals surface area (Å²) >= 11 is 0. The lowest BCUT2D eigenvalue weighted by Crippen LogP contribution is -2.08. The van der Waals surface area contributed by atoms with Crippen molar-refractivity contribution in [2.24, 2.45) is 0 Å². The number of ether oxygens (including phenoxy) is 1. The maximum atomic E-state index is 14.3. The van der Waals surface area contributed by atoms with E-state index < -0.39 is 52.9 Å². The van der Waals surface area contributed by atoms with Crippen LogP contribution in [0.4, 0.5) is 43.9 Å². The zero-order valence-corrected chi connectivity index (χ0v) is 20.5. The topological polar surface area (TPSA) is 29.5 Å². The van der Waals surface area contributed by atoms with Gasteiger partial charge in [-0.05, 0) is 47.7 Å². The van der Waals surface area contributed by atoms with E-state index in [4.69, 9.17) is 4.74 Å². The molecule has 0 heterocycles. The van der Waals surface area contributed by atoms with Gasteiger partial charge in [0.15, 0.2) is 11.6 Å². The van der Waals surface area contributed by atoms with E-state index >= 15 is 0 Å². The number of rotatable bonds is 5. The molecule has 1 atom stereocenters. The van der Waals surface area contributed by atoms with Crippen LogP contribution in [0.1, 0.15) is 45.6 Å². The Balaban J connectivity index is 0.000000616. The quantitative estimate of drug-likeness (QED) is 0.249. The Hall–Kier alpha value is -3.44. The highest BCUT2D eigenvalue weighted by Gasteiger charge is 2.29. The maximum absolute atomic E-state index is 14.3. The van der Waals surface area contributed by atoms with E-state index in [1.165, 1.54) is 31.2 Å². The van der Waals surface area contributed by atoms with Crippen molar-refractivity contribution in [3.8, 4) is 28.4 Å². The van der Waals surface area contributed by atoms with Gasteiger partial charge in [-0.25, -0.2) is 8.78 Å². The molecule has 0 radical (unpaired) electrons. The van der Waals surface area contributed by atoms with Crippen molar-refractivity contribution in [3.05, 3.63) is 77.4 Å². The van der Waals surface area contributed by atoms with E-state index in [2.05, 4.69) is 0 Å². The zero-order valence-electron chi connectivity index (χ0n) is 20.5. The molecular weight excluding hydrogens is 534 g/mol. The summed E-state index contributed by atoms with van der Waals surface area (Å²) in [6.07, 6.45) is -7.67. The van der Waals surface area contributed by atoms with Gasteiger partial charge in [-0.15, -0.1) is 0 Å². The van der Waals surface area contributed by atoms with Crippen LogP contribution in [0.25, 0.3) is 11.1 Å². The second-order valence-electron chi connectivity index (χ2n) is 8.04. The molecule has 0 bridgehead atoms. The first-order valence-corrected chi connectivity index (χ1v) is 10.9. The number of phenolic OH excluding ortho intramolecular Hbond substituents is 1. The van der Waals surface area contributed by atoms with Crippen molar-refractivity contribution in [1.82, 2.24) is 0 Å². The van der Waals surface area contributed by atoms with Gasteiger partial charge in [0.25, 0.3) is 0 Å². The molecule has 0 aliphatic heterocycles. The average molecular weight is 558 g/mol. The summed E-state index contributed by atoms with van der Waals surface area (Å²) in [7, 11) is 0. The van der Waals surface area contributed by atoms with Crippen molar-refractivity contribution >= 4 is 0 Å². The van der Waals surface area contributed by atoms with Crippen LogP contribution in [0, 0.1) is 23.3 Å². The molecule has 1 unspecified atom stereocenters. The SMILES string of the molecule is CC(F)(F)F.CC(F)(F)F.CCC(C)c1c(F)c(F)c(Oc2ccc(-c3ccc(O)cc3)cc2)c(F)c1F. The number of phenols is 1. The third kappa shape index (κ3) is 10.9. The molecular formula is C26H24F10O2. The highest BCUT2D eigenvalue weighted by Crippen LogP contribution is 2.37. The molecule has 0 saturated heterocycles. The van der Waals surface area contributed by atoms with Crippen LogP contribution in [-0.2, 0) is 0 Å². The van der Waals surface area contributed by atoms with Gasteiger partial charge in [0.1, 0.15) is 11.5 Å². The van der Waals surface area contributed by atoms with Crippen LogP contribution in [0.3, 0.4) is 0 Å². The highest BCUT2D eigenvalue weighted by atomic mass is 19.4. The van der Waals surface area contributed by atoms with Crippen LogP contribution < -0.4 is 4.74 Å². The molecule has 12 heteroatoms. The molecule has 0 amide bonds. The van der Waals surface area contributed by atoms with Gasteiger partial charge >= 0.3 is 12.4 Å². The maximum Gasteiger partial charge on any atom is 0.386 e. The fourth-order valence-corrected chi connectivity index (χ4v) is 2.84. The second-order valence-corrected chi connectivity index (χ2v) is 8.04. The number of hydrogen-bond donors (Lipinski definition) is 1. The van der Waals surface area contributed by atoms with Gasteiger partial charge in [-0.2, -0.15) is 35.1 Å². The Morgan fingerprint density at radius 1 is 0.684 bits per heavy atom. The Kier molecular flexibility index (Phi) is 11.5. The smallest absolute Gasteiger partial charge is 0.386 e. The standard InChI is InChI=1S/C22H18F4O2.2C2H3F3/c1-3-12(2)17-18(23)20(25)22(21(26)19(17)24)28-16-10-6-14(7-11-16)13-4-8-15(27)9-5-13;2*1-2(3,4)5/h4-12,27H,3H2,1-2H3;2*1H3. The molecule has 3 aromatic rings. The first kappa shape index (κ1) is 32.6. The summed E-state index contributed by atoms with van der Waals surface area (Å²) in [5, 5.41) is 9.33. The Morgan fingerprint density at radius 3 is 1.37 bits per heavy atom. The van der Waals surface area contributed by atoms with E-state index in [-0.39, 0.29) is 25.3 Å². The van der Waals surface area contributed by atoms with Gasteiger partial charge in [0, 0.05) is 19.4 Å². The predicted molar refractivity (Wildman–Crippen MR) is 122 cm³/mol. The number of benzene rings is 3. The minimum Gasteiger partial charge on any atom is -0.508 e. The predicted octanol–water partition coefficient (Wildman–Crippen LogP) is 10.1. The molecule has 0 fully saturated rings. The molecule has 3 aromatic carbocycles. The molecule has 0 saturated carbocycles. The third-order valence-electron chi connectivity index (χ3n) is 4.64. The summed E-state index contributed by atoms with van der Waals surface area (Å²) in [5.74, 6) is -7.64. The molecule has 0 aliphatic rings. The number of halogens is 10. The number of alkyl halides is 6. The highest BCUT2D eigenvalue weighted by molar-refractivity contribution is 5.65. The van der Waals surface area contributed by atoms with Crippen molar-refractivity contribution in [1.29, 1.82) is 0 Å². The van der Waals surface area contributed by atoms with Crippen LogP contribution in [0.5, 0.6) is 17.2 Å². The first-order chi connectivity index (χ1) is 17.3. The minimum atomic E-state index is -4.00.